The fourth-order valence-corrected chi connectivity index (χ4v) is 5.66. The van der Waals surface area contributed by atoms with Crippen molar-refractivity contribution in [2.75, 3.05) is 0 Å². The summed E-state index contributed by atoms with van der Waals surface area (Å²) in [6.07, 6.45) is 18.5. The first-order valence-corrected chi connectivity index (χ1v) is 12.8. The minimum atomic E-state index is -1.09. The number of hydrogen-bond acceptors (Lipinski definition) is 2. The van der Waals surface area contributed by atoms with Gasteiger partial charge in [0.05, 0.1) is 10.8 Å². The van der Waals surface area contributed by atoms with Crippen molar-refractivity contribution in [3.63, 3.8) is 0 Å². The number of rotatable bonds is 17. The summed E-state index contributed by atoms with van der Waals surface area (Å²) < 4.78 is 0. The number of unbranched alkanes of at least 4 members (excludes halogenated alkanes) is 10. The molecule has 2 unspecified atom stereocenters. The van der Waals surface area contributed by atoms with Gasteiger partial charge in [-0.2, -0.15) is 0 Å². The molecular formula is C26H48O4. The largest absolute Gasteiger partial charge is 0.481 e. The van der Waals surface area contributed by atoms with E-state index in [1.54, 1.807) is 0 Å². The zero-order valence-corrected chi connectivity index (χ0v) is 20.0. The van der Waals surface area contributed by atoms with E-state index in [4.69, 9.17) is 0 Å². The van der Waals surface area contributed by atoms with Crippen LogP contribution in [0.1, 0.15) is 136 Å². The second-order valence-electron chi connectivity index (χ2n) is 10.2. The van der Waals surface area contributed by atoms with Gasteiger partial charge in [0, 0.05) is 0 Å². The molecule has 1 fully saturated rings. The lowest BCUT2D eigenvalue weighted by atomic mass is 9.53. The van der Waals surface area contributed by atoms with Crippen LogP contribution < -0.4 is 0 Å². The second-order valence-corrected chi connectivity index (χ2v) is 10.2. The van der Waals surface area contributed by atoms with Gasteiger partial charge in [-0.1, -0.05) is 111 Å². The molecule has 0 spiro atoms. The Morgan fingerprint density at radius 3 is 1.50 bits per heavy atom. The molecule has 1 aliphatic carbocycles. The van der Waals surface area contributed by atoms with Crippen LogP contribution in [0.5, 0.6) is 0 Å². The number of aliphatic carboxylic acids is 2. The minimum absolute atomic E-state index is 0.409. The SMILES string of the molecule is CCC1(C(=O)O)CCCCC1(CCCCCCCCCCCCCC(C)C)C(=O)O. The van der Waals surface area contributed by atoms with Crippen molar-refractivity contribution >= 4 is 11.9 Å². The average Bonchev–Trinajstić information content (AvgIpc) is 2.71. The molecule has 30 heavy (non-hydrogen) atoms. The predicted octanol–water partition coefficient (Wildman–Crippen LogP) is 7.84. The standard InChI is InChI=1S/C26H48O4/c1-4-25(23(27)28)19-16-17-21-26(25,24(29)30)20-15-13-11-9-7-5-6-8-10-12-14-18-22(2)3/h22H,4-21H2,1-3H3,(H,27,28)(H,29,30). The number of carboxylic acids is 2. The van der Waals surface area contributed by atoms with Gasteiger partial charge in [0.1, 0.15) is 0 Å². The van der Waals surface area contributed by atoms with E-state index >= 15 is 0 Å². The zero-order chi connectivity index (χ0) is 22.5. The number of carboxylic acid groups (broad SMARTS) is 2. The quantitative estimate of drug-likeness (QED) is 0.233. The van der Waals surface area contributed by atoms with Crippen LogP contribution in [-0.2, 0) is 9.59 Å². The van der Waals surface area contributed by atoms with Gasteiger partial charge in [0.25, 0.3) is 0 Å². The van der Waals surface area contributed by atoms with E-state index in [1.807, 2.05) is 6.92 Å². The third-order valence-electron chi connectivity index (χ3n) is 7.68. The summed E-state index contributed by atoms with van der Waals surface area (Å²) in [7, 11) is 0. The molecule has 1 saturated carbocycles. The van der Waals surface area contributed by atoms with Gasteiger partial charge in [-0.15, -0.1) is 0 Å². The fraction of sp³-hybridized carbons (Fsp3) is 0.923. The number of hydrogen-bond donors (Lipinski definition) is 2. The molecular weight excluding hydrogens is 376 g/mol. The van der Waals surface area contributed by atoms with Crippen LogP contribution in [0.15, 0.2) is 0 Å². The first-order chi connectivity index (χ1) is 14.3. The summed E-state index contributed by atoms with van der Waals surface area (Å²) in [6.45, 7) is 6.44. The van der Waals surface area contributed by atoms with Gasteiger partial charge < -0.3 is 10.2 Å². The Labute approximate surface area is 185 Å². The molecule has 0 saturated heterocycles. The van der Waals surface area contributed by atoms with Crippen molar-refractivity contribution in [1.29, 1.82) is 0 Å². The maximum absolute atomic E-state index is 12.3. The predicted molar refractivity (Wildman–Crippen MR) is 124 cm³/mol. The lowest BCUT2D eigenvalue weighted by Gasteiger charge is -2.48. The van der Waals surface area contributed by atoms with Crippen molar-refractivity contribution in [1.82, 2.24) is 0 Å². The van der Waals surface area contributed by atoms with Crippen LogP contribution in [0, 0.1) is 16.7 Å². The topological polar surface area (TPSA) is 74.6 Å². The Kier molecular flexibility index (Phi) is 12.7. The van der Waals surface area contributed by atoms with Crippen LogP contribution in [0.2, 0.25) is 0 Å². The van der Waals surface area contributed by atoms with Gasteiger partial charge in [-0.3, -0.25) is 9.59 Å². The Morgan fingerprint density at radius 1 is 0.700 bits per heavy atom. The summed E-state index contributed by atoms with van der Waals surface area (Å²) in [4.78, 5) is 24.4. The summed E-state index contributed by atoms with van der Waals surface area (Å²) in [6, 6.07) is 0. The van der Waals surface area contributed by atoms with E-state index in [0.29, 0.717) is 25.7 Å². The van der Waals surface area contributed by atoms with E-state index in [2.05, 4.69) is 13.8 Å². The van der Waals surface area contributed by atoms with Crippen molar-refractivity contribution in [3.05, 3.63) is 0 Å². The minimum Gasteiger partial charge on any atom is -0.481 e. The van der Waals surface area contributed by atoms with E-state index in [0.717, 1.165) is 38.0 Å². The molecule has 0 radical (unpaired) electrons. The normalized spacial score (nSPS) is 24.3. The van der Waals surface area contributed by atoms with Gasteiger partial charge in [-0.25, -0.2) is 0 Å². The van der Waals surface area contributed by atoms with Gasteiger partial charge in [-0.05, 0) is 31.6 Å². The van der Waals surface area contributed by atoms with Crippen LogP contribution >= 0.6 is 0 Å². The summed E-state index contributed by atoms with van der Waals surface area (Å²) in [5.41, 5.74) is -2.17. The van der Waals surface area contributed by atoms with E-state index < -0.39 is 22.8 Å². The Morgan fingerprint density at radius 2 is 1.10 bits per heavy atom. The van der Waals surface area contributed by atoms with Crippen molar-refractivity contribution in [2.24, 2.45) is 16.7 Å². The van der Waals surface area contributed by atoms with E-state index in [-0.39, 0.29) is 0 Å². The lowest BCUT2D eigenvalue weighted by molar-refractivity contribution is -0.181. The molecule has 0 aromatic heterocycles. The van der Waals surface area contributed by atoms with Crippen LogP contribution in [-0.4, -0.2) is 22.2 Å². The summed E-state index contributed by atoms with van der Waals surface area (Å²) in [5, 5.41) is 20.0. The molecule has 0 heterocycles. The Bertz CT molecular complexity index is 501. The maximum Gasteiger partial charge on any atom is 0.310 e. The smallest absolute Gasteiger partial charge is 0.310 e. The average molecular weight is 425 g/mol. The lowest BCUT2D eigenvalue weighted by Crippen LogP contribution is -2.54. The molecule has 0 bridgehead atoms. The third kappa shape index (κ3) is 7.57. The highest BCUT2D eigenvalue weighted by Gasteiger charge is 2.60. The molecule has 1 rings (SSSR count). The van der Waals surface area contributed by atoms with Crippen LogP contribution in [0.25, 0.3) is 0 Å². The molecule has 2 atom stereocenters. The zero-order valence-electron chi connectivity index (χ0n) is 20.0. The van der Waals surface area contributed by atoms with Gasteiger partial charge >= 0.3 is 11.9 Å². The molecule has 176 valence electrons. The van der Waals surface area contributed by atoms with Crippen LogP contribution in [0.3, 0.4) is 0 Å². The third-order valence-corrected chi connectivity index (χ3v) is 7.68. The molecule has 0 aliphatic heterocycles. The fourth-order valence-electron chi connectivity index (χ4n) is 5.66. The summed E-state index contributed by atoms with van der Waals surface area (Å²) >= 11 is 0. The maximum atomic E-state index is 12.3. The van der Waals surface area contributed by atoms with Gasteiger partial charge in [0.2, 0.25) is 0 Å². The van der Waals surface area contributed by atoms with Crippen LogP contribution in [0.4, 0.5) is 0 Å². The second kappa shape index (κ2) is 14.1. The first-order valence-electron chi connectivity index (χ1n) is 12.8. The highest BCUT2D eigenvalue weighted by molar-refractivity contribution is 5.87. The highest BCUT2D eigenvalue weighted by atomic mass is 16.4. The number of carbonyl (C=O) groups is 2. The molecule has 0 aromatic carbocycles. The monoisotopic (exact) mass is 424 g/mol. The molecule has 1 aliphatic rings. The first kappa shape index (κ1) is 27.0. The Hall–Kier alpha value is -1.06. The molecule has 0 aromatic rings. The molecule has 2 N–H and O–H groups in total. The molecule has 4 nitrogen and oxygen atoms in total. The van der Waals surface area contributed by atoms with E-state index in [1.165, 1.54) is 57.8 Å². The van der Waals surface area contributed by atoms with Crippen molar-refractivity contribution in [2.45, 2.75) is 136 Å². The Balaban J connectivity index is 2.25. The summed E-state index contributed by atoms with van der Waals surface area (Å²) in [5.74, 6) is -0.966. The molecule has 4 heteroatoms. The van der Waals surface area contributed by atoms with Crippen molar-refractivity contribution in [3.8, 4) is 0 Å². The van der Waals surface area contributed by atoms with E-state index in [9.17, 15) is 19.8 Å². The molecule has 0 amide bonds. The van der Waals surface area contributed by atoms with Gasteiger partial charge in [0.15, 0.2) is 0 Å². The highest BCUT2D eigenvalue weighted by Crippen LogP contribution is 2.56. The van der Waals surface area contributed by atoms with Crippen molar-refractivity contribution < 1.29 is 19.8 Å².